The smallest absolute Gasteiger partial charge is 0.172 e. The summed E-state index contributed by atoms with van der Waals surface area (Å²) in [5, 5.41) is 0. The Hall–Kier alpha value is -0.210. The van der Waals surface area contributed by atoms with E-state index in [1.54, 1.807) is 0 Å². The van der Waals surface area contributed by atoms with Crippen LogP contribution >= 0.6 is 0 Å². The van der Waals surface area contributed by atoms with Crippen LogP contribution in [0, 0.1) is 0 Å². The van der Waals surface area contributed by atoms with Crippen molar-refractivity contribution in [2.45, 2.75) is 53.6 Å². The van der Waals surface area contributed by atoms with Crippen molar-refractivity contribution in [2.75, 3.05) is 0 Å². The van der Waals surface area contributed by atoms with Crippen molar-refractivity contribution in [3.05, 3.63) is 0 Å². The normalized spacial score (nSPS) is 8.73. The minimum absolute atomic E-state index is 0.188. The van der Waals surface area contributed by atoms with Crippen molar-refractivity contribution in [2.24, 2.45) is 0 Å². The highest BCUT2D eigenvalue weighted by molar-refractivity contribution is 4.26. The molecule has 0 aliphatic heterocycles. The average Bonchev–Trinajstić information content (AvgIpc) is 1.62. The van der Waals surface area contributed by atoms with E-state index in [9.17, 15) is 13.2 Å². The van der Waals surface area contributed by atoms with E-state index in [0.717, 1.165) is 0 Å². The van der Waals surface area contributed by atoms with Crippen LogP contribution < -0.4 is 0 Å². The van der Waals surface area contributed by atoms with Crippen molar-refractivity contribution < 1.29 is 13.2 Å². The molecular formula is C8H19F3. The molecular weight excluding hydrogens is 153 g/mol. The van der Waals surface area contributed by atoms with Gasteiger partial charge in [-0.15, -0.1) is 0 Å². The molecule has 0 aromatic carbocycles. The molecule has 0 nitrogen and oxygen atoms in total. The third kappa shape index (κ3) is 13500. The van der Waals surface area contributed by atoms with E-state index < -0.39 is 6.18 Å². The second-order valence-corrected chi connectivity index (χ2v) is 2.20. The molecule has 0 fully saturated rings. The molecule has 0 N–H and O–H groups in total. The van der Waals surface area contributed by atoms with Crippen LogP contribution in [0.2, 0.25) is 0 Å². The first kappa shape index (κ1) is 17.0. The van der Waals surface area contributed by atoms with Gasteiger partial charge in [0.1, 0.15) is 0 Å². The fourth-order valence-corrected chi connectivity index (χ4v) is 0. The van der Waals surface area contributed by atoms with Gasteiger partial charge in [-0.1, -0.05) is 40.5 Å². The topological polar surface area (TPSA) is 0 Å². The first-order chi connectivity index (χ1) is 4.83. The standard InChI is InChI=1S/2C3H8.C2H3F3/c2*1-3-2;1-2(3,4)5/h2*3H2,1-2H3;1H3. The molecule has 0 aromatic heterocycles. The maximum atomic E-state index is 10.4. The Kier molecular flexibility index (Phi) is 19.3. The van der Waals surface area contributed by atoms with Crippen LogP contribution in [0.5, 0.6) is 0 Å². The highest BCUT2D eigenvalue weighted by Gasteiger charge is 2.15. The highest BCUT2D eigenvalue weighted by atomic mass is 19.4. The van der Waals surface area contributed by atoms with E-state index in [-0.39, 0.29) is 6.92 Å². The van der Waals surface area contributed by atoms with Crippen molar-refractivity contribution in [1.82, 2.24) is 0 Å². The molecule has 0 radical (unpaired) electrons. The van der Waals surface area contributed by atoms with Crippen molar-refractivity contribution >= 4 is 0 Å². The molecule has 0 unspecified atom stereocenters. The Morgan fingerprint density at radius 1 is 0.818 bits per heavy atom. The average molecular weight is 172 g/mol. The van der Waals surface area contributed by atoms with Gasteiger partial charge < -0.3 is 0 Å². The quantitative estimate of drug-likeness (QED) is 0.508. The van der Waals surface area contributed by atoms with Crippen LogP contribution in [0.1, 0.15) is 47.5 Å². The molecule has 0 saturated heterocycles. The lowest BCUT2D eigenvalue weighted by molar-refractivity contribution is -0.110. The first-order valence-corrected chi connectivity index (χ1v) is 3.90. The van der Waals surface area contributed by atoms with Crippen LogP contribution in [-0.4, -0.2) is 6.18 Å². The van der Waals surface area contributed by atoms with Crippen LogP contribution in [0.3, 0.4) is 0 Å². The molecule has 0 amide bonds. The minimum atomic E-state index is -4.00. The van der Waals surface area contributed by atoms with Gasteiger partial charge in [0, 0.05) is 6.92 Å². The first-order valence-electron chi connectivity index (χ1n) is 3.90. The Bertz CT molecular complexity index is 39.8. The minimum Gasteiger partial charge on any atom is -0.172 e. The summed E-state index contributed by atoms with van der Waals surface area (Å²) in [5.41, 5.74) is 0. The van der Waals surface area contributed by atoms with E-state index in [4.69, 9.17) is 0 Å². The molecule has 0 saturated carbocycles. The third-order valence-electron chi connectivity index (χ3n) is 0. The molecule has 0 heterocycles. The molecule has 0 aromatic rings. The van der Waals surface area contributed by atoms with E-state index in [2.05, 4.69) is 27.7 Å². The van der Waals surface area contributed by atoms with Gasteiger partial charge in [-0.3, -0.25) is 0 Å². The summed E-state index contributed by atoms with van der Waals surface area (Å²) < 4.78 is 31.1. The summed E-state index contributed by atoms with van der Waals surface area (Å²) in [6, 6.07) is 0. The number of alkyl halides is 3. The van der Waals surface area contributed by atoms with Gasteiger partial charge in [0.25, 0.3) is 0 Å². The molecule has 11 heavy (non-hydrogen) atoms. The van der Waals surface area contributed by atoms with Gasteiger partial charge in [0.05, 0.1) is 0 Å². The lowest BCUT2D eigenvalue weighted by Crippen LogP contribution is -1.95. The van der Waals surface area contributed by atoms with Gasteiger partial charge in [0.15, 0.2) is 0 Å². The van der Waals surface area contributed by atoms with Crippen LogP contribution in [0.4, 0.5) is 13.2 Å². The summed E-state index contributed by atoms with van der Waals surface area (Å²) >= 11 is 0. The summed E-state index contributed by atoms with van der Waals surface area (Å²) in [4.78, 5) is 0. The Balaban J connectivity index is -0.0000000933. The zero-order valence-corrected chi connectivity index (χ0v) is 8.05. The largest absolute Gasteiger partial charge is 0.386 e. The summed E-state index contributed by atoms with van der Waals surface area (Å²) in [6.07, 6.45) is -1.50. The van der Waals surface area contributed by atoms with Crippen LogP contribution in [0.15, 0.2) is 0 Å². The predicted octanol–water partition coefficient (Wildman–Crippen LogP) is 4.40. The van der Waals surface area contributed by atoms with Gasteiger partial charge in [-0.2, -0.15) is 13.2 Å². The lowest BCUT2D eigenvalue weighted by Gasteiger charge is -1.88. The van der Waals surface area contributed by atoms with Crippen molar-refractivity contribution in [1.29, 1.82) is 0 Å². The van der Waals surface area contributed by atoms with Gasteiger partial charge in [-0.05, 0) is 0 Å². The molecule has 0 bridgehead atoms. The Morgan fingerprint density at radius 3 is 0.818 bits per heavy atom. The van der Waals surface area contributed by atoms with E-state index in [1.807, 2.05) is 0 Å². The van der Waals surface area contributed by atoms with Crippen LogP contribution in [-0.2, 0) is 0 Å². The van der Waals surface area contributed by atoms with Gasteiger partial charge in [-0.25, -0.2) is 0 Å². The highest BCUT2D eigenvalue weighted by Crippen LogP contribution is 2.10. The molecule has 0 rings (SSSR count). The number of halogens is 3. The van der Waals surface area contributed by atoms with E-state index in [0.29, 0.717) is 0 Å². The number of hydrogen-bond acceptors (Lipinski definition) is 0. The fraction of sp³-hybridized carbons (Fsp3) is 1.00. The monoisotopic (exact) mass is 172 g/mol. The van der Waals surface area contributed by atoms with Crippen molar-refractivity contribution in [3.63, 3.8) is 0 Å². The lowest BCUT2D eigenvalue weighted by atomic mass is 10.6. The van der Waals surface area contributed by atoms with E-state index >= 15 is 0 Å². The zero-order valence-electron chi connectivity index (χ0n) is 8.05. The van der Waals surface area contributed by atoms with Crippen LogP contribution in [0.25, 0.3) is 0 Å². The summed E-state index contributed by atoms with van der Waals surface area (Å²) in [6.45, 7) is 8.69. The molecule has 3 heteroatoms. The number of rotatable bonds is 0. The SMILES string of the molecule is CC(F)(F)F.CCC.CCC. The van der Waals surface area contributed by atoms with E-state index in [1.165, 1.54) is 12.8 Å². The second-order valence-electron chi connectivity index (χ2n) is 2.20. The second kappa shape index (κ2) is 12.5. The maximum absolute atomic E-state index is 10.4. The van der Waals surface area contributed by atoms with Gasteiger partial charge >= 0.3 is 6.18 Å². The summed E-state index contributed by atoms with van der Waals surface area (Å²) in [7, 11) is 0. The fourth-order valence-electron chi connectivity index (χ4n) is 0. The Labute approximate surface area is 67.8 Å². The van der Waals surface area contributed by atoms with Gasteiger partial charge in [0.2, 0.25) is 0 Å². The van der Waals surface area contributed by atoms with Crippen molar-refractivity contribution in [3.8, 4) is 0 Å². The molecule has 0 spiro atoms. The molecule has 0 aliphatic carbocycles. The molecule has 0 atom stereocenters. The molecule has 0 aliphatic rings. The zero-order chi connectivity index (χ0) is 9.91. The predicted molar refractivity (Wildman–Crippen MR) is 43.7 cm³/mol. The molecule has 72 valence electrons. The number of hydrogen-bond donors (Lipinski definition) is 0. The Morgan fingerprint density at radius 2 is 0.818 bits per heavy atom. The maximum Gasteiger partial charge on any atom is 0.386 e. The third-order valence-corrected chi connectivity index (χ3v) is 0. The summed E-state index contributed by atoms with van der Waals surface area (Å²) in [5.74, 6) is 0.